The number of rotatable bonds is 0. The van der Waals surface area contributed by atoms with Gasteiger partial charge < -0.3 is 0 Å². The second kappa shape index (κ2) is 5.92. The molecule has 0 rings (SSSR count). The van der Waals surface area contributed by atoms with Crippen LogP contribution in [0.1, 0.15) is 0 Å². The molecule has 0 saturated carbocycles. The topological polar surface area (TPSA) is 40.5 Å². The van der Waals surface area contributed by atoms with Gasteiger partial charge in [-0.2, -0.15) is 0 Å². The normalized spacial score (nSPS) is 2.40. The van der Waals surface area contributed by atoms with Gasteiger partial charge in [-0.3, -0.25) is 0 Å². The predicted molar refractivity (Wildman–Crippen MR) is 6.65 cm³/mol. The fourth-order valence-electron chi connectivity index (χ4n) is 0. The van der Waals surface area contributed by atoms with Gasteiger partial charge in [0.25, 0.3) is 0 Å². The molecule has 2 N–H and O–H groups in total. The summed E-state index contributed by atoms with van der Waals surface area (Å²) in [5.74, 6) is 0. The second-order valence-electron chi connectivity index (χ2n) is 0. The van der Waals surface area contributed by atoms with Crippen molar-refractivity contribution in [2.75, 3.05) is 0 Å². The fourth-order valence-corrected chi connectivity index (χ4v) is 0. The van der Waals surface area contributed by atoms with Gasteiger partial charge in [-0.25, -0.2) is 10.6 Å². The Labute approximate surface area is 21.1 Å². The third-order valence-electron chi connectivity index (χ3n) is 0. The third-order valence-corrected chi connectivity index (χ3v) is 0. The number of halogens is 2. The molecule has 0 unspecified atom stereocenters. The largest absolute Gasteiger partial charge is 0.209 e. The van der Waals surface area contributed by atoms with Gasteiger partial charge in [0.15, 0.2) is 0 Å². The molecule has 0 radical (unpaired) electrons. The first-order valence-electron chi connectivity index (χ1n) is 0.338. The van der Waals surface area contributed by atoms with Crippen LogP contribution in [-0.4, -0.2) is 10.6 Å². The molecule has 0 aromatic heterocycles. The fraction of sp³-hybridized carbons (Fsp3) is 0. The minimum Gasteiger partial charge on any atom is -0.209 e. The minimum atomic E-state index is 0. The Balaban J connectivity index is -0.0000000133. The van der Waals surface area contributed by atoms with Crippen LogP contribution < -0.4 is 0 Å². The Hall–Kier alpha value is -1.22. The van der Waals surface area contributed by atoms with Gasteiger partial charge in [-0.1, -0.05) is 9.05 Å². The Morgan fingerprint density at radius 2 is 0.800 bits per heavy atom. The Morgan fingerprint density at radius 1 is 0.800 bits per heavy atom. The summed E-state index contributed by atoms with van der Waals surface area (Å²) in [7, 11) is 0. The van der Waals surface area contributed by atoms with E-state index < -0.39 is 0 Å². The molecule has 30 valence electrons. The molecule has 0 spiro atoms. The van der Waals surface area contributed by atoms with Crippen molar-refractivity contribution >= 4 is 0 Å². The number of hydrogen-bond acceptors (Lipinski definition) is 2. The maximum atomic E-state index is 8.50. The summed E-state index contributed by atoms with van der Waals surface area (Å²) in [5.41, 5.74) is 0. The van der Waals surface area contributed by atoms with Crippen LogP contribution in [0.3, 0.4) is 0 Å². The molecule has 0 atom stereocenters. The average Bonchev–Trinajstić information content (AvgIpc) is 1.50. The summed E-state index contributed by atoms with van der Waals surface area (Å²) in [6.07, 6.45) is 0. The Bertz CT molecular complexity index is 7.61. The van der Waals surface area contributed by atoms with Crippen molar-refractivity contribution in [1.82, 2.24) is 0 Å². The van der Waals surface area contributed by atoms with Crippen LogP contribution >= 0.6 is 0 Å². The van der Waals surface area contributed by atoms with E-state index in [0.29, 0.717) is 0 Å². The van der Waals surface area contributed by atoms with E-state index in [-0.39, 0.29) is 0 Å². The summed E-state index contributed by atoms with van der Waals surface area (Å²) in [6, 6.07) is 0. The number of hydrogen-bond donors (Lipinski definition) is 2. The van der Waals surface area contributed by atoms with E-state index in [4.69, 9.17) is 19.7 Å². The second-order valence-corrected chi connectivity index (χ2v) is 0. The zero-order chi connectivity index (χ0) is 4.00. The minimum absolute atomic E-state index is 0. The smallest absolute Gasteiger partial charge is 0 e. The average molecular weight is 339 g/mol. The van der Waals surface area contributed by atoms with Crippen molar-refractivity contribution in [1.29, 1.82) is 0 Å². The van der Waals surface area contributed by atoms with E-state index in [2.05, 4.69) is 0 Å². The summed E-state index contributed by atoms with van der Waals surface area (Å²) < 4.78 is 17.0. The van der Waals surface area contributed by atoms with E-state index in [1.165, 1.54) is 0 Å². The van der Waals surface area contributed by atoms with Gasteiger partial charge >= 0.3 is 0 Å². The first kappa shape index (κ1) is 48.0. The van der Waals surface area contributed by atoms with E-state index in [1.807, 2.05) is 0 Å². The molecule has 0 aliphatic rings. The molecule has 0 heterocycles. The molecule has 0 aromatic carbocycles. The van der Waals surface area contributed by atoms with Gasteiger partial charge in [0.2, 0.25) is 0 Å². The zero-order valence-corrected chi connectivity index (χ0v) is 8.76. The van der Waals surface area contributed by atoms with Crippen LogP contribution in [0.2, 0.25) is 0 Å². The predicted octanol–water partition coefficient (Wildman–Crippen LogP) is -0.274. The van der Waals surface area contributed by atoms with Gasteiger partial charge in [-0.05, 0) is 0 Å². The van der Waals surface area contributed by atoms with Crippen LogP contribution in [0, 0.1) is 0 Å². The van der Waals surface area contributed by atoms with E-state index in [1.54, 1.807) is 0 Å². The van der Waals surface area contributed by atoms with Crippen molar-refractivity contribution in [2.45, 2.75) is 0 Å². The first-order chi connectivity index (χ1) is 2.00. The Kier molecular flexibility index (Phi) is 56.8. The molecule has 0 bridgehead atoms. The first-order valence-corrected chi connectivity index (χ1v) is 0.338. The van der Waals surface area contributed by atoms with E-state index in [0.717, 1.165) is 0 Å². The van der Waals surface area contributed by atoms with Crippen molar-refractivity contribution in [3.05, 3.63) is 0 Å². The monoisotopic (exact) mass is 339 g/mol. The zero-order valence-electron chi connectivity index (χ0n) is 2.36. The molecule has 2 nitrogen and oxygen atoms in total. The molecular formula is H2F2O2Rf. The standard InChI is InChI=1S/2FHO.Rf/c2*1-2;/h2*2H;. The molecule has 0 saturated heterocycles. The SMILES string of the molecule is OF.OF.[Rf]. The molecule has 5 heteroatoms. The van der Waals surface area contributed by atoms with Crippen LogP contribution in [0.15, 0.2) is 0 Å². The summed E-state index contributed by atoms with van der Waals surface area (Å²) in [6.45, 7) is 0. The molecule has 0 aliphatic carbocycles. The Morgan fingerprint density at radius 3 is 0.800 bits per heavy atom. The maximum Gasteiger partial charge on any atom is 0 e. The summed E-state index contributed by atoms with van der Waals surface area (Å²) >= 11 is 0. The van der Waals surface area contributed by atoms with Crippen molar-refractivity contribution in [3.63, 3.8) is 0 Å². The summed E-state index contributed by atoms with van der Waals surface area (Å²) in [5, 5.41) is 11.0. The molecule has 0 fully saturated rings. The van der Waals surface area contributed by atoms with Crippen LogP contribution in [0.5, 0.6) is 0 Å². The van der Waals surface area contributed by atoms with E-state index >= 15 is 0 Å². The summed E-state index contributed by atoms with van der Waals surface area (Å²) in [4.78, 5) is 0. The van der Waals surface area contributed by atoms with Crippen molar-refractivity contribution in [3.8, 4) is 0 Å². The van der Waals surface area contributed by atoms with Crippen molar-refractivity contribution in [2.24, 2.45) is 0 Å². The van der Waals surface area contributed by atoms with Gasteiger partial charge in [0, 0.05) is 0 Å². The third kappa shape index (κ3) is 1.14. The van der Waals surface area contributed by atoms with Crippen LogP contribution in [0.4, 0.5) is 9.05 Å². The van der Waals surface area contributed by atoms with Gasteiger partial charge in [0.1, 0.15) is 0 Å². The quantitative estimate of drug-likeness (QED) is 0.638. The molecule has 0 amide bonds. The van der Waals surface area contributed by atoms with Crippen LogP contribution in [0.25, 0.3) is 0 Å². The maximum absolute atomic E-state index is 8.50. The molecule has 5 heavy (non-hydrogen) atoms. The van der Waals surface area contributed by atoms with Gasteiger partial charge in [-0.15, -0.1) is 0 Å². The molecular weight excluding hydrogens is 337 g/mol. The van der Waals surface area contributed by atoms with Gasteiger partial charge in [0.05, 0.1) is 0 Å². The van der Waals surface area contributed by atoms with Crippen LogP contribution in [-0.2, 0) is 0 Å². The van der Waals surface area contributed by atoms with E-state index in [9.17, 15) is 0 Å². The van der Waals surface area contributed by atoms with Crippen molar-refractivity contribution < 1.29 is 19.7 Å². The molecule has 0 aliphatic heterocycles. The molecule has 0 aromatic rings.